The Morgan fingerprint density at radius 2 is 0.750 bits per heavy atom. The molecule has 0 aliphatic heterocycles. The first kappa shape index (κ1) is 24.9. The molecule has 2 nitrogen and oxygen atoms in total. The summed E-state index contributed by atoms with van der Waals surface area (Å²) >= 11 is 7.18. The Bertz CT molecular complexity index is 1840. The van der Waals surface area contributed by atoms with Gasteiger partial charge in [-0.25, -0.2) is 9.97 Å². The molecule has 190 valence electrons. The highest BCUT2D eigenvalue weighted by Crippen LogP contribution is 2.39. The van der Waals surface area contributed by atoms with Crippen LogP contribution < -0.4 is 0 Å². The third-order valence-electron chi connectivity index (χ3n) is 7.21. The lowest BCUT2D eigenvalue weighted by molar-refractivity contribution is 1.36. The lowest BCUT2D eigenvalue weighted by Crippen LogP contribution is -1.95. The van der Waals surface area contributed by atoms with Crippen molar-refractivity contribution in [2.75, 3.05) is 0 Å². The molecular formula is C36H22Br2N2. The number of benzene rings is 5. The summed E-state index contributed by atoms with van der Waals surface area (Å²) in [6.07, 6.45) is 0. The van der Waals surface area contributed by atoms with E-state index in [9.17, 15) is 0 Å². The van der Waals surface area contributed by atoms with Gasteiger partial charge in [0.1, 0.15) is 0 Å². The van der Waals surface area contributed by atoms with Gasteiger partial charge in [-0.15, -0.1) is 0 Å². The molecule has 0 spiro atoms. The summed E-state index contributed by atoms with van der Waals surface area (Å²) < 4.78 is 2.10. The van der Waals surface area contributed by atoms with Gasteiger partial charge in [0.2, 0.25) is 0 Å². The van der Waals surface area contributed by atoms with Gasteiger partial charge in [0.05, 0.1) is 22.4 Å². The van der Waals surface area contributed by atoms with Crippen molar-refractivity contribution in [3.05, 3.63) is 142 Å². The van der Waals surface area contributed by atoms with Gasteiger partial charge in [-0.05, 0) is 58.7 Å². The summed E-state index contributed by atoms with van der Waals surface area (Å²) in [5, 5.41) is 2.16. The number of rotatable bonds is 4. The molecule has 0 unspecified atom stereocenters. The van der Waals surface area contributed by atoms with Crippen LogP contribution in [-0.4, -0.2) is 9.97 Å². The third-order valence-corrected chi connectivity index (χ3v) is 8.27. The van der Waals surface area contributed by atoms with Crippen molar-refractivity contribution in [3.8, 4) is 44.8 Å². The number of halogens is 2. The van der Waals surface area contributed by atoms with Crippen LogP contribution >= 0.6 is 31.9 Å². The van der Waals surface area contributed by atoms with Crippen LogP contribution in [0.15, 0.2) is 142 Å². The van der Waals surface area contributed by atoms with Crippen molar-refractivity contribution in [3.63, 3.8) is 0 Å². The highest BCUT2D eigenvalue weighted by Gasteiger charge is 2.17. The molecule has 0 aliphatic rings. The molecule has 0 atom stereocenters. The van der Waals surface area contributed by atoms with Crippen LogP contribution in [0.1, 0.15) is 0 Å². The molecule has 0 saturated heterocycles. The average molecular weight is 642 g/mol. The first-order valence-corrected chi connectivity index (χ1v) is 14.6. The van der Waals surface area contributed by atoms with E-state index in [1.54, 1.807) is 0 Å². The second kappa shape index (κ2) is 10.5. The van der Waals surface area contributed by atoms with Gasteiger partial charge in [0, 0.05) is 30.8 Å². The second-order valence-electron chi connectivity index (χ2n) is 9.71. The molecule has 2 heterocycles. The topological polar surface area (TPSA) is 25.8 Å². The lowest BCUT2D eigenvalue weighted by atomic mass is 9.94. The van der Waals surface area contributed by atoms with Crippen molar-refractivity contribution in [1.82, 2.24) is 9.97 Å². The van der Waals surface area contributed by atoms with E-state index in [0.717, 1.165) is 75.5 Å². The number of pyridine rings is 2. The molecule has 5 aromatic carbocycles. The molecule has 0 amide bonds. The number of nitrogens with zero attached hydrogens (tertiary/aromatic N) is 2. The number of hydrogen-bond acceptors (Lipinski definition) is 2. The maximum absolute atomic E-state index is 5.28. The number of aromatic nitrogens is 2. The SMILES string of the molecule is Brc1ccc(-c2cc(-c3ccccc3)nc3c2ccc2c(-c4ccc(Br)cc4)cc(-c4ccccc4)nc23)cc1. The van der Waals surface area contributed by atoms with Crippen molar-refractivity contribution in [2.45, 2.75) is 0 Å². The van der Waals surface area contributed by atoms with Crippen LogP contribution in [0.5, 0.6) is 0 Å². The van der Waals surface area contributed by atoms with Gasteiger partial charge in [-0.1, -0.05) is 129 Å². The van der Waals surface area contributed by atoms with E-state index in [2.05, 4.69) is 153 Å². The zero-order valence-electron chi connectivity index (χ0n) is 21.4. The summed E-state index contributed by atoms with van der Waals surface area (Å²) in [7, 11) is 0. The average Bonchev–Trinajstić information content (AvgIpc) is 3.01. The van der Waals surface area contributed by atoms with E-state index in [1.807, 2.05) is 12.1 Å². The Labute approximate surface area is 249 Å². The van der Waals surface area contributed by atoms with Crippen LogP contribution in [-0.2, 0) is 0 Å². The minimum atomic E-state index is 0.896. The molecule has 0 saturated carbocycles. The largest absolute Gasteiger partial charge is 0.245 e. The first-order chi connectivity index (χ1) is 19.6. The summed E-state index contributed by atoms with van der Waals surface area (Å²) in [5.74, 6) is 0. The Morgan fingerprint density at radius 3 is 1.12 bits per heavy atom. The van der Waals surface area contributed by atoms with E-state index in [1.165, 1.54) is 0 Å². The van der Waals surface area contributed by atoms with Gasteiger partial charge < -0.3 is 0 Å². The van der Waals surface area contributed by atoms with Crippen LogP contribution in [0, 0.1) is 0 Å². The molecule has 7 rings (SSSR count). The van der Waals surface area contributed by atoms with Gasteiger partial charge in [0.15, 0.2) is 0 Å². The minimum Gasteiger partial charge on any atom is -0.245 e. The highest BCUT2D eigenvalue weighted by atomic mass is 79.9. The van der Waals surface area contributed by atoms with Gasteiger partial charge in [0.25, 0.3) is 0 Å². The Hall–Kier alpha value is -4.12. The molecule has 0 aliphatic carbocycles. The molecule has 0 radical (unpaired) electrons. The summed E-state index contributed by atoms with van der Waals surface area (Å²) in [4.78, 5) is 10.6. The predicted octanol–water partition coefficient (Wildman–Crippen LogP) is 11.0. The van der Waals surface area contributed by atoms with Gasteiger partial charge >= 0.3 is 0 Å². The van der Waals surface area contributed by atoms with Crippen molar-refractivity contribution in [1.29, 1.82) is 0 Å². The van der Waals surface area contributed by atoms with Crippen molar-refractivity contribution >= 4 is 53.7 Å². The van der Waals surface area contributed by atoms with Crippen LogP contribution in [0.4, 0.5) is 0 Å². The fourth-order valence-corrected chi connectivity index (χ4v) is 5.75. The van der Waals surface area contributed by atoms with Crippen molar-refractivity contribution < 1.29 is 0 Å². The number of fused-ring (bicyclic) bond motifs is 3. The quantitative estimate of drug-likeness (QED) is 0.179. The lowest BCUT2D eigenvalue weighted by Gasteiger charge is -2.15. The van der Waals surface area contributed by atoms with E-state index in [0.29, 0.717) is 0 Å². The smallest absolute Gasteiger partial charge is 0.0978 e. The van der Waals surface area contributed by atoms with E-state index >= 15 is 0 Å². The second-order valence-corrected chi connectivity index (χ2v) is 11.5. The molecule has 0 fully saturated rings. The highest BCUT2D eigenvalue weighted by molar-refractivity contribution is 9.10. The summed E-state index contributed by atoms with van der Waals surface area (Å²) in [5.41, 5.74) is 10.3. The van der Waals surface area contributed by atoms with Crippen LogP contribution in [0.2, 0.25) is 0 Å². The fraction of sp³-hybridized carbons (Fsp3) is 0. The minimum absolute atomic E-state index is 0.896. The first-order valence-electron chi connectivity index (χ1n) is 13.1. The summed E-state index contributed by atoms with van der Waals surface area (Å²) in [6.45, 7) is 0. The molecule has 0 bridgehead atoms. The van der Waals surface area contributed by atoms with E-state index < -0.39 is 0 Å². The van der Waals surface area contributed by atoms with Crippen LogP contribution in [0.3, 0.4) is 0 Å². The monoisotopic (exact) mass is 640 g/mol. The fourth-order valence-electron chi connectivity index (χ4n) is 5.23. The zero-order chi connectivity index (χ0) is 27.1. The van der Waals surface area contributed by atoms with Gasteiger partial charge in [-0.2, -0.15) is 0 Å². The third kappa shape index (κ3) is 4.64. The Morgan fingerprint density at radius 1 is 0.375 bits per heavy atom. The molecule has 4 heteroatoms. The zero-order valence-corrected chi connectivity index (χ0v) is 24.5. The predicted molar refractivity (Wildman–Crippen MR) is 174 cm³/mol. The maximum Gasteiger partial charge on any atom is 0.0978 e. The van der Waals surface area contributed by atoms with Crippen molar-refractivity contribution in [2.24, 2.45) is 0 Å². The molecule has 0 N–H and O–H groups in total. The summed E-state index contributed by atoms with van der Waals surface area (Å²) in [6, 6.07) is 46.5. The van der Waals surface area contributed by atoms with Crippen LogP contribution in [0.25, 0.3) is 66.6 Å². The van der Waals surface area contributed by atoms with Gasteiger partial charge in [-0.3, -0.25) is 0 Å². The molecule has 2 aromatic heterocycles. The standard InChI is InChI=1S/C36H22Br2N2/c37-27-15-11-23(12-16-27)31-21-33(25-7-3-1-4-8-25)39-35-29(31)19-20-30-32(24-13-17-28(38)18-14-24)22-34(40-36(30)35)26-9-5-2-6-10-26/h1-22H. The Balaban J connectivity index is 1.60. The van der Waals surface area contributed by atoms with E-state index in [4.69, 9.17) is 9.97 Å². The Kier molecular flexibility index (Phi) is 6.51. The molecule has 40 heavy (non-hydrogen) atoms. The normalized spacial score (nSPS) is 11.2. The maximum atomic E-state index is 5.28. The van der Waals surface area contributed by atoms with E-state index in [-0.39, 0.29) is 0 Å². The number of hydrogen-bond donors (Lipinski definition) is 0. The molecule has 7 aromatic rings. The molecular weight excluding hydrogens is 620 g/mol.